The monoisotopic (exact) mass is 224 g/mol. The van der Waals surface area contributed by atoms with Crippen molar-refractivity contribution < 1.29 is 4.79 Å². The molecule has 1 unspecified atom stereocenters. The Morgan fingerprint density at radius 2 is 1.85 bits per heavy atom. The van der Waals surface area contributed by atoms with Crippen molar-refractivity contribution >= 4 is 30.1 Å². The molecule has 1 aliphatic rings. The Balaban J connectivity index is 0.00000144. The number of hydrogen-bond acceptors (Lipinski definition) is 3. The quantitative estimate of drug-likeness (QED) is 0.702. The van der Waals surface area contributed by atoms with Crippen LogP contribution in [0, 0.1) is 0 Å². The van der Waals surface area contributed by atoms with Crippen LogP contribution in [-0.4, -0.2) is 21.6 Å². The van der Waals surface area contributed by atoms with Gasteiger partial charge in [-0.25, -0.2) is 0 Å². The average Bonchev–Trinajstić information content (AvgIpc) is 1.99. The second kappa shape index (κ2) is 3.67. The molecule has 1 rings (SSSR count). The summed E-state index contributed by atoms with van der Waals surface area (Å²) in [7, 11) is 0. The summed E-state index contributed by atoms with van der Waals surface area (Å²) in [5, 5.41) is 3.21. The Morgan fingerprint density at radius 3 is 2.00 bits per heavy atom. The van der Waals surface area contributed by atoms with E-state index < -0.39 is 0 Å². The Labute approximate surface area is 89.6 Å². The molecule has 1 atom stereocenters. The third kappa shape index (κ3) is 2.76. The van der Waals surface area contributed by atoms with Gasteiger partial charge in [0, 0.05) is 4.75 Å². The first-order valence-corrected chi connectivity index (χ1v) is 4.83. The maximum absolute atomic E-state index is 11.1. The third-order valence-electron chi connectivity index (χ3n) is 1.99. The van der Waals surface area contributed by atoms with Crippen LogP contribution < -0.4 is 11.1 Å². The first-order valence-electron chi connectivity index (χ1n) is 4.02. The summed E-state index contributed by atoms with van der Waals surface area (Å²) in [6, 6.07) is -0.225. The normalized spacial score (nSPS) is 29.4. The molecule has 3 nitrogen and oxygen atoms in total. The molecular formula is C8H17ClN2OS. The maximum atomic E-state index is 11.1. The van der Waals surface area contributed by atoms with Crippen molar-refractivity contribution in [2.75, 3.05) is 0 Å². The zero-order valence-corrected chi connectivity index (χ0v) is 10.0. The Hall–Kier alpha value is 0.0700. The van der Waals surface area contributed by atoms with Gasteiger partial charge in [-0.15, -0.1) is 24.2 Å². The standard InChI is InChI=1S/C8H16N2OS.ClH/c1-7(2)5(6(9)11)10-8(3,4)12-7;/h5,10H,1-4H3,(H2,9,11);1H. The van der Waals surface area contributed by atoms with Gasteiger partial charge in [0.25, 0.3) is 0 Å². The summed E-state index contributed by atoms with van der Waals surface area (Å²) < 4.78 is -0.102. The minimum Gasteiger partial charge on any atom is -0.368 e. The second-order valence-electron chi connectivity index (χ2n) is 4.20. The highest BCUT2D eigenvalue weighted by Gasteiger charge is 2.47. The lowest BCUT2D eigenvalue weighted by atomic mass is 10.0. The van der Waals surface area contributed by atoms with E-state index in [1.54, 1.807) is 11.8 Å². The molecule has 1 heterocycles. The van der Waals surface area contributed by atoms with Crippen molar-refractivity contribution in [2.24, 2.45) is 5.73 Å². The van der Waals surface area contributed by atoms with E-state index in [0.717, 1.165) is 0 Å². The number of nitrogens with two attached hydrogens (primary N) is 1. The van der Waals surface area contributed by atoms with E-state index in [1.165, 1.54) is 0 Å². The second-order valence-corrected chi connectivity index (χ2v) is 6.47. The summed E-state index contributed by atoms with van der Waals surface area (Å²) in [5.74, 6) is -0.266. The predicted octanol–water partition coefficient (Wildman–Crippen LogP) is 1.11. The molecule has 1 fully saturated rings. The molecule has 1 saturated heterocycles. The Morgan fingerprint density at radius 1 is 1.38 bits per heavy atom. The SMILES string of the molecule is CC1(C)NC(C(N)=O)C(C)(C)S1.Cl. The first-order chi connectivity index (χ1) is 5.25. The fourth-order valence-electron chi connectivity index (χ4n) is 1.68. The van der Waals surface area contributed by atoms with Crippen molar-refractivity contribution in [3.63, 3.8) is 0 Å². The molecule has 1 aliphatic heterocycles. The van der Waals surface area contributed by atoms with Crippen molar-refractivity contribution in [3.8, 4) is 0 Å². The van der Waals surface area contributed by atoms with Crippen LogP contribution in [0.3, 0.4) is 0 Å². The van der Waals surface area contributed by atoms with E-state index in [1.807, 2.05) is 13.8 Å². The number of amides is 1. The molecule has 0 aliphatic carbocycles. The zero-order chi connectivity index (χ0) is 9.57. The van der Waals surface area contributed by atoms with Gasteiger partial charge < -0.3 is 5.73 Å². The lowest BCUT2D eigenvalue weighted by Crippen LogP contribution is -2.49. The van der Waals surface area contributed by atoms with Crippen LogP contribution in [0.15, 0.2) is 0 Å². The van der Waals surface area contributed by atoms with E-state index in [9.17, 15) is 4.79 Å². The minimum atomic E-state index is -0.266. The van der Waals surface area contributed by atoms with Gasteiger partial charge in [0.15, 0.2) is 0 Å². The molecule has 0 aromatic rings. The Kier molecular flexibility index (Phi) is 3.69. The van der Waals surface area contributed by atoms with Crippen LogP contribution in [0.25, 0.3) is 0 Å². The molecule has 13 heavy (non-hydrogen) atoms. The minimum absolute atomic E-state index is 0. The first kappa shape index (κ1) is 13.1. The Bertz CT molecular complexity index is 218. The van der Waals surface area contributed by atoms with E-state index in [0.29, 0.717) is 0 Å². The molecule has 0 radical (unpaired) electrons. The highest BCUT2D eigenvalue weighted by Crippen LogP contribution is 2.43. The number of nitrogens with one attached hydrogen (secondary N) is 1. The highest BCUT2D eigenvalue weighted by molar-refractivity contribution is 8.02. The number of halogens is 1. The smallest absolute Gasteiger partial charge is 0.236 e. The van der Waals surface area contributed by atoms with E-state index >= 15 is 0 Å². The number of hydrogen-bond donors (Lipinski definition) is 2. The van der Waals surface area contributed by atoms with Gasteiger partial charge in [0.05, 0.1) is 4.87 Å². The van der Waals surface area contributed by atoms with Crippen LogP contribution in [0.2, 0.25) is 0 Å². The van der Waals surface area contributed by atoms with Gasteiger partial charge in [-0.1, -0.05) is 0 Å². The molecule has 0 bridgehead atoms. The summed E-state index contributed by atoms with van der Waals surface area (Å²) in [6.45, 7) is 8.19. The topological polar surface area (TPSA) is 55.1 Å². The van der Waals surface area contributed by atoms with Crippen molar-refractivity contribution in [1.82, 2.24) is 5.32 Å². The lowest BCUT2D eigenvalue weighted by molar-refractivity contribution is -0.120. The molecule has 0 spiro atoms. The number of rotatable bonds is 1. The van der Waals surface area contributed by atoms with Gasteiger partial charge in [0.2, 0.25) is 5.91 Å². The molecular weight excluding hydrogens is 208 g/mol. The van der Waals surface area contributed by atoms with Crippen molar-refractivity contribution in [1.29, 1.82) is 0 Å². The van der Waals surface area contributed by atoms with Crippen molar-refractivity contribution in [2.45, 2.75) is 43.4 Å². The molecule has 0 saturated carbocycles. The van der Waals surface area contributed by atoms with E-state index in [4.69, 9.17) is 5.73 Å². The summed E-state index contributed by atoms with van der Waals surface area (Å²) in [4.78, 5) is 11.0. The van der Waals surface area contributed by atoms with Gasteiger partial charge >= 0.3 is 0 Å². The predicted molar refractivity (Wildman–Crippen MR) is 59.1 cm³/mol. The van der Waals surface area contributed by atoms with Crippen LogP contribution >= 0.6 is 24.2 Å². The molecule has 78 valence electrons. The summed E-state index contributed by atoms with van der Waals surface area (Å²) in [6.07, 6.45) is 0. The number of thioether (sulfide) groups is 1. The van der Waals surface area contributed by atoms with E-state index in [2.05, 4.69) is 19.2 Å². The molecule has 0 aromatic carbocycles. The van der Waals surface area contributed by atoms with Gasteiger partial charge in [-0.3, -0.25) is 10.1 Å². The molecule has 1 amide bonds. The summed E-state index contributed by atoms with van der Waals surface area (Å²) >= 11 is 1.75. The van der Waals surface area contributed by atoms with Crippen LogP contribution in [0.5, 0.6) is 0 Å². The largest absolute Gasteiger partial charge is 0.368 e. The molecule has 3 N–H and O–H groups in total. The summed E-state index contributed by atoms with van der Waals surface area (Å²) in [5.41, 5.74) is 5.28. The number of primary amides is 1. The average molecular weight is 225 g/mol. The van der Waals surface area contributed by atoms with Gasteiger partial charge in [0.1, 0.15) is 6.04 Å². The fourth-order valence-corrected chi connectivity index (χ4v) is 3.47. The van der Waals surface area contributed by atoms with Crippen LogP contribution in [0.1, 0.15) is 27.7 Å². The van der Waals surface area contributed by atoms with E-state index in [-0.39, 0.29) is 34.0 Å². The fraction of sp³-hybridized carbons (Fsp3) is 0.875. The lowest BCUT2D eigenvalue weighted by Gasteiger charge is -2.22. The molecule has 0 aromatic heterocycles. The molecule has 5 heteroatoms. The third-order valence-corrected chi connectivity index (χ3v) is 3.38. The van der Waals surface area contributed by atoms with Crippen molar-refractivity contribution in [3.05, 3.63) is 0 Å². The van der Waals surface area contributed by atoms with Crippen LogP contribution in [-0.2, 0) is 4.79 Å². The number of carbonyl (C=O) groups is 1. The van der Waals surface area contributed by atoms with Gasteiger partial charge in [-0.05, 0) is 27.7 Å². The zero-order valence-electron chi connectivity index (χ0n) is 8.38. The van der Waals surface area contributed by atoms with Gasteiger partial charge in [-0.2, -0.15) is 0 Å². The maximum Gasteiger partial charge on any atom is 0.236 e. The van der Waals surface area contributed by atoms with Crippen LogP contribution in [0.4, 0.5) is 0 Å². The number of carbonyl (C=O) groups excluding carboxylic acids is 1. The highest BCUT2D eigenvalue weighted by atomic mass is 35.5.